The Labute approximate surface area is 107 Å². The van der Waals surface area contributed by atoms with Crippen LogP contribution in [0, 0.1) is 5.92 Å². The van der Waals surface area contributed by atoms with Gasteiger partial charge in [-0.3, -0.25) is 4.79 Å². The molecule has 1 aliphatic rings. The lowest BCUT2D eigenvalue weighted by atomic mass is 9.59. The molecule has 1 aliphatic carbocycles. The number of rotatable bonds is 3. The van der Waals surface area contributed by atoms with Gasteiger partial charge in [0, 0.05) is 5.02 Å². The molecule has 0 heterocycles. The maximum atomic E-state index is 12.1. The Hall–Kier alpha value is -1.02. The number of carbonyl (C=O) groups excluding carboxylic acids is 1. The maximum absolute atomic E-state index is 12.1. The minimum atomic E-state index is -0.431. The lowest BCUT2D eigenvalue weighted by Crippen LogP contribution is -2.48. The molecule has 0 spiro atoms. The minimum absolute atomic E-state index is 0.0968. The summed E-state index contributed by atoms with van der Waals surface area (Å²) in [5.41, 5.74) is 0.596. The van der Waals surface area contributed by atoms with Crippen LogP contribution in [-0.4, -0.2) is 12.6 Å². The van der Waals surface area contributed by atoms with Gasteiger partial charge in [-0.2, -0.15) is 0 Å². The summed E-state index contributed by atoms with van der Waals surface area (Å²) in [6, 6.07) is 7.54. The second kappa shape index (κ2) is 4.69. The third-order valence-electron chi connectivity index (χ3n) is 3.46. The van der Waals surface area contributed by atoms with E-state index in [1.807, 2.05) is 31.2 Å². The van der Waals surface area contributed by atoms with Gasteiger partial charge < -0.3 is 4.74 Å². The van der Waals surface area contributed by atoms with E-state index in [1.165, 1.54) is 0 Å². The maximum Gasteiger partial charge on any atom is 0.316 e. The summed E-state index contributed by atoms with van der Waals surface area (Å²) in [4.78, 5) is 12.1. The zero-order valence-electron chi connectivity index (χ0n) is 10.2. The van der Waals surface area contributed by atoms with Gasteiger partial charge in [0.15, 0.2) is 0 Å². The molecule has 1 aromatic rings. The number of ether oxygens (including phenoxy) is 1. The van der Waals surface area contributed by atoms with Gasteiger partial charge in [-0.05, 0) is 43.4 Å². The van der Waals surface area contributed by atoms with E-state index in [1.54, 1.807) is 0 Å². The van der Waals surface area contributed by atoms with Gasteiger partial charge in [0.2, 0.25) is 0 Å². The summed E-state index contributed by atoms with van der Waals surface area (Å²) in [5.74, 6) is 0.482. The molecule has 2 rings (SSSR count). The number of esters is 1. The molecule has 0 aliphatic heterocycles. The number of hydrogen-bond donors (Lipinski definition) is 0. The topological polar surface area (TPSA) is 26.3 Å². The fraction of sp³-hybridized carbons (Fsp3) is 0.500. The molecule has 0 aromatic heterocycles. The smallest absolute Gasteiger partial charge is 0.316 e. The molecule has 17 heavy (non-hydrogen) atoms. The van der Waals surface area contributed by atoms with E-state index in [0.29, 0.717) is 17.5 Å². The first-order chi connectivity index (χ1) is 8.08. The quantitative estimate of drug-likeness (QED) is 0.769. The fourth-order valence-electron chi connectivity index (χ4n) is 2.69. The summed E-state index contributed by atoms with van der Waals surface area (Å²) in [7, 11) is 0. The van der Waals surface area contributed by atoms with Gasteiger partial charge >= 0.3 is 5.97 Å². The first-order valence-electron chi connectivity index (χ1n) is 6.02. The van der Waals surface area contributed by atoms with E-state index in [2.05, 4.69) is 6.92 Å². The highest BCUT2D eigenvalue weighted by Crippen LogP contribution is 2.48. The molecule has 0 atom stereocenters. The summed E-state index contributed by atoms with van der Waals surface area (Å²) in [6.07, 6.45) is 1.74. The van der Waals surface area contributed by atoms with Crippen molar-refractivity contribution in [1.29, 1.82) is 0 Å². The Bertz CT molecular complexity index is 405. The van der Waals surface area contributed by atoms with Crippen molar-refractivity contribution < 1.29 is 9.53 Å². The number of benzene rings is 1. The Kier molecular flexibility index (Phi) is 3.43. The van der Waals surface area contributed by atoms with E-state index in [4.69, 9.17) is 16.3 Å². The molecule has 0 amide bonds. The van der Waals surface area contributed by atoms with E-state index in [-0.39, 0.29) is 5.97 Å². The molecule has 0 bridgehead atoms. The van der Waals surface area contributed by atoms with Gasteiger partial charge in [-0.1, -0.05) is 30.7 Å². The van der Waals surface area contributed by atoms with Crippen LogP contribution >= 0.6 is 11.6 Å². The summed E-state index contributed by atoms with van der Waals surface area (Å²) >= 11 is 5.88. The Morgan fingerprint density at radius 2 is 2.00 bits per heavy atom. The normalized spacial score (nSPS) is 27.4. The van der Waals surface area contributed by atoms with Crippen molar-refractivity contribution in [2.45, 2.75) is 32.1 Å². The molecule has 3 heteroatoms. The molecule has 0 saturated heterocycles. The van der Waals surface area contributed by atoms with Crippen LogP contribution in [-0.2, 0) is 14.9 Å². The van der Waals surface area contributed by atoms with Gasteiger partial charge in [-0.25, -0.2) is 0 Å². The fourth-order valence-corrected chi connectivity index (χ4v) is 2.81. The molecule has 2 nitrogen and oxygen atoms in total. The molecule has 0 unspecified atom stereocenters. The van der Waals surface area contributed by atoms with Crippen LogP contribution < -0.4 is 0 Å². The van der Waals surface area contributed by atoms with Crippen LogP contribution in [0.15, 0.2) is 24.3 Å². The third-order valence-corrected chi connectivity index (χ3v) is 3.71. The average molecular weight is 253 g/mol. The zero-order valence-corrected chi connectivity index (χ0v) is 11.0. The second-order valence-electron chi connectivity index (χ2n) is 4.82. The van der Waals surface area contributed by atoms with E-state index >= 15 is 0 Å². The molecule has 92 valence electrons. The first kappa shape index (κ1) is 12.4. The van der Waals surface area contributed by atoms with Crippen molar-refractivity contribution in [2.75, 3.05) is 6.61 Å². The van der Waals surface area contributed by atoms with Crippen LogP contribution in [0.2, 0.25) is 5.02 Å². The van der Waals surface area contributed by atoms with Gasteiger partial charge in [0.1, 0.15) is 0 Å². The van der Waals surface area contributed by atoms with Crippen molar-refractivity contribution in [1.82, 2.24) is 0 Å². The summed E-state index contributed by atoms with van der Waals surface area (Å²) < 4.78 is 5.21. The van der Waals surface area contributed by atoms with Crippen LogP contribution in [0.4, 0.5) is 0 Å². The van der Waals surface area contributed by atoms with Gasteiger partial charge in [-0.15, -0.1) is 0 Å². The highest BCUT2D eigenvalue weighted by molar-refractivity contribution is 6.30. The number of hydrogen-bond acceptors (Lipinski definition) is 2. The van der Waals surface area contributed by atoms with E-state index in [9.17, 15) is 4.79 Å². The Morgan fingerprint density at radius 1 is 1.41 bits per heavy atom. The highest BCUT2D eigenvalue weighted by atomic mass is 35.5. The van der Waals surface area contributed by atoms with Crippen molar-refractivity contribution in [3.63, 3.8) is 0 Å². The zero-order chi connectivity index (χ0) is 12.5. The van der Waals surface area contributed by atoms with Crippen molar-refractivity contribution in [3.05, 3.63) is 34.9 Å². The molecule has 1 saturated carbocycles. The van der Waals surface area contributed by atoms with Crippen molar-refractivity contribution in [3.8, 4) is 0 Å². The van der Waals surface area contributed by atoms with Gasteiger partial charge in [0.25, 0.3) is 0 Å². The molecule has 0 N–H and O–H groups in total. The standard InChI is InChI=1S/C14H17ClO2/c1-3-17-13(16)14(8-10(2)9-14)11-4-6-12(15)7-5-11/h4-7,10H,3,8-9H2,1-2H3. The van der Waals surface area contributed by atoms with Crippen LogP contribution in [0.1, 0.15) is 32.3 Å². The van der Waals surface area contributed by atoms with Crippen LogP contribution in [0.3, 0.4) is 0 Å². The molecule has 1 aromatic carbocycles. The molecular formula is C14H17ClO2. The van der Waals surface area contributed by atoms with Crippen LogP contribution in [0.25, 0.3) is 0 Å². The summed E-state index contributed by atoms with van der Waals surface area (Å²) in [5, 5.41) is 0.695. The van der Waals surface area contributed by atoms with Crippen molar-refractivity contribution in [2.24, 2.45) is 5.92 Å². The van der Waals surface area contributed by atoms with E-state index in [0.717, 1.165) is 18.4 Å². The second-order valence-corrected chi connectivity index (χ2v) is 5.26. The number of carbonyl (C=O) groups is 1. The lowest BCUT2D eigenvalue weighted by Gasteiger charge is -2.44. The van der Waals surface area contributed by atoms with Gasteiger partial charge in [0.05, 0.1) is 12.0 Å². The lowest BCUT2D eigenvalue weighted by molar-refractivity contribution is -0.156. The predicted octanol–water partition coefficient (Wildman–Crippen LogP) is 3.57. The Morgan fingerprint density at radius 3 is 2.47 bits per heavy atom. The monoisotopic (exact) mass is 252 g/mol. The SMILES string of the molecule is CCOC(=O)C1(c2ccc(Cl)cc2)CC(C)C1. The van der Waals surface area contributed by atoms with E-state index < -0.39 is 5.41 Å². The molecule has 0 radical (unpaired) electrons. The number of halogens is 1. The van der Waals surface area contributed by atoms with Crippen LogP contribution in [0.5, 0.6) is 0 Å². The summed E-state index contributed by atoms with van der Waals surface area (Å²) in [6.45, 7) is 4.44. The van der Waals surface area contributed by atoms with Crippen molar-refractivity contribution >= 4 is 17.6 Å². The Balaban J connectivity index is 2.29. The third kappa shape index (κ3) is 2.19. The molecule has 1 fully saturated rings. The highest BCUT2D eigenvalue weighted by Gasteiger charge is 2.50. The minimum Gasteiger partial charge on any atom is -0.465 e. The largest absolute Gasteiger partial charge is 0.465 e. The first-order valence-corrected chi connectivity index (χ1v) is 6.39. The predicted molar refractivity (Wildman–Crippen MR) is 68.2 cm³/mol. The molecular weight excluding hydrogens is 236 g/mol. The average Bonchev–Trinajstić information content (AvgIpc) is 2.26.